The summed E-state index contributed by atoms with van der Waals surface area (Å²) in [6.07, 6.45) is 10.9. The lowest BCUT2D eigenvalue weighted by atomic mass is 9.78. The molecule has 0 spiro atoms. The molecule has 0 atom stereocenters. The van der Waals surface area contributed by atoms with Gasteiger partial charge >= 0.3 is 0 Å². The molecule has 0 aliphatic heterocycles. The van der Waals surface area contributed by atoms with E-state index in [-0.39, 0.29) is 45.0 Å². The van der Waals surface area contributed by atoms with E-state index in [1.165, 1.54) is 6.42 Å². The summed E-state index contributed by atoms with van der Waals surface area (Å²) >= 11 is 0. The minimum atomic E-state index is -0.0258. The van der Waals surface area contributed by atoms with E-state index in [0.29, 0.717) is 73.3 Å². The molecule has 0 saturated carbocycles. The van der Waals surface area contributed by atoms with Gasteiger partial charge in [0.15, 0.2) is 0 Å². The van der Waals surface area contributed by atoms with Crippen LogP contribution < -0.4 is 10.6 Å². The Kier molecular flexibility index (Phi) is 38.9. The van der Waals surface area contributed by atoms with Gasteiger partial charge in [0.25, 0.3) is 0 Å². The summed E-state index contributed by atoms with van der Waals surface area (Å²) in [5.74, 6) is 27.2. The number of terminal acetylenes is 1. The van der Waals surface area contributed by atoms with Crippen molar-refractivity contribution in [3.63, 3.8) is 0 Å². The topological polar surface area (TPSA) is 102 Å². The summed E-state index contributed by atoms with van der Waals surface area (Å²) in [5.41, 5.74) is 1.98. The normalized spacial score (nSPS) is 11.1. The molecule has 7 heteroatoms. The van der Waals surface area contributed by atoms with Gasteiger partial charge in [-0.05, 0) is 129 Å². The number of hydrogen-bond donors (Lipinski definition) is 2. The fraction of sp³-hybridized carbons (Fsp3) is 0.742. The van der Waals surface area contributed by atoms with Gasteiger partial charge in [-0.2, -0.15) is 0 Å². The van der Waals surface area contributed by atoms with E-state index in [9.17, 15) is 19.2 Å². The molecule has 0 fully saturated rings. The van der Waals surface area contributed by atoms with Crippen molar-refractivity contribution in [3.8, 4) is 71.5 Å². The fourth-order valence-electron chi connectivity index (χ4n) is 5.54. The Hall–Kier alpha value is -4.40. The highest BCUT2D eigenvalue weighted by molar-refractivity contribution is 5.85. The minimum Gasteiger partial charge on any atom is -0.381 e. The Balaban J connectivity index is -0.000000251. The number of carbonyl (C=O) groups is 4. The number of ketones is 2. The third-order valence-electron chi connectivity index (χ3n) is 8.10. The molecule has 0 radical (unpaired) electrons. The quantitative estimate of drug-likeness (QED) is 0.133. The number of nitrogens with one attached hydrogen (secondary N) is 2. The van der Waals surface area contributed by atoms with Gasteiger partial charge in [-0.3, -0.25) is 19.2 Å². The van der Waals surface area contributed by atoms with E-state index in [1.807, 2.05) is 41.5 Å². The summed E-state index contributed by atoms with van der Waals surface area (Å²) < 4.78 is 5.59. The van der Waals surface area contributed by atoms with Crippen LogP contribution in [0.3, 0.4) is 0 Å². The molecule has 2 amide bonds. The van der Waals surface area contributed by atoms with Crippen molar-refractivity contribution < 1.29 is 23.9 Å². The Morgan fingerprint density at radius 1 is 0.391 bits per heavy atom. The smallest absolute Gasteiger partial charge is 0.220 e. The minimum absolute atomic E-state index is 0.0129. The first-order chi connectivity index (χ1) is 30.8. The first-order valence-electron chi connectivity index (χ1n) is 24.8. The lowest BCUT2D eigenvalue weighted by molar-refractivity contribution is -0.126. The first-order valence-corrected chi connectivity index (χ1v) is 24.8. The van der Waals surface area contributed by atoms with Crippen molar-refractivity contribution in [2.45, 2.75) is 231 Å². The van der Waals surface area contributed by atoms with Crippen LogP contribution in [0.15, 0.2) is 0 Å². The van der Waals surface area contributed by atoms with Gasteiger partial charge in [0.1, 0.15) is 11.6 Å². The number of amides is 2. The first kappa shape index (κ1) is 73.6. The molecule has 0 aromatic carbocycles. The van der Waals surface area contributed by atoms with Crippen LogP contribution in [0.4, 0.5) is 0 Å². The second-order valence-electron chi connectivity index (χ2n) is 27.3. The van der Waals surface area contributed by atoms with Crippen LogP contribution in [0.5, 0.6) is 0 Å². The molecule has 0 heterocycles. The molecule has 0 aliphatic rings. The van der Waals surface area contributed by atoms with Gasteiger partial charge in [-0.15, -0.1) is 6.42 Å². The summed E-state index contributed by atoms with van der Waals surface area (Å²) in [6, 6.07) is 0. The fourth-order valence-corrected chi connectivity index (χ4v) is 5.54. The van der Waals surface area contributed by atoms with Crippen molar-refractivity contribution >= 4 is 23.4 Å². The van der Waals surface area contributed by atoms with E-state index in [4.69, 9.17) is 11.2 Å². The standard InChI is InChI=1S/2C14H27NO2.C13H4.C12H26O.C9H20/c2*1-13(2,3)9-11(16)7-8-12(17)15-10-14(4,5)6;1-3-5-7-9-11-13-12-10-8-6-4-2;1-11(2,3)7-9-13-10-8-12(4,5)6;1-8(2,3)7-9(4,5)6/h2*7-10H2,1-6H3,(H,15,17);1H,2H3;7-10H2,1-6H3;7H2,1-6H3. The maximum absolute atomic E-state index is 11.6. The summed E-state index contributed by atoms with van der Waals surface area (Å²) in [5, 5.41) is 5.70. The SMILES string of the molecule is C#CC#CC#CC#CC#CC#CC.CC(C)(C)CC(C)(C)C.CC(C)(C)CCOCCC(C)(C)C.CC(C)(C)CNC(=O)CCC(=O)CC(C)(C)C.CC(C)(C)CNC(=O)CCC(=O)CC(C)(C)C. The molecule has 2 N–H and O–H groups in total. The lowest BCUT2D eigenvalue weighted by Gasteiger charge is -2.28. The highest BCUT2D eigenvalue weighted by Gasteiger charge is 2.21. The molecule has 69 heavy (non-hydrogen) atoms. The molecular weight excluding hydrogens is 853 g/mol. The van der Waals surface area contributed by atoms with Crippen LogP contribution >= 0.6 is 0 Å². The molecule has 392 valence electrons. The van der Waals surface area contributed by atoms with Crippen LogP contribution in [0.25, 0.3) is 0 Å². The van der Waals surface area contributed by atoms with Gasteiger partial charge in [-0.25, -0.2) is 0 Å². The Labute approximate surface area is 428 Å². The molecule has 7 nitrogen and oxygen atoms in total. The van der Waals surface area contributed by atoms with Crippen LogP contribution in [-0.4, -0.2) is 49.7 Å². The monoisotopic (exact) mass is 957 g/mol. The maximum atomic E-state index is 11.6. The third-order valence-corrected chi connectivity index (χ3v) is 8.10. The van der Waals surface area contributed by atoms with Crippen LogP contribution in [0, 0.1) is 115 Å². The second-order valence-corrected chi connectivity index (χ2v) is 27.3. The van der Waals surface area contributed by atoms with Crippen molar-refractivity contribution in [3.05, 3.63) is 0 Å². The number of carbonyl (C=O) groups excluding carboxylic acids is 4. The van der Waals surface area contributed by atoms with Gasteiger partial charge in [0.05, 0.1) is 0 Å². The number of rotatable bonds is 14. The predicted molar refractivity (Wildman–Crippen MR) is 297 cm³/mol. The Bertz CT molecular complexity index is 1760. The molecule has 0 rings (SSSR count). The molecule has 0 aromatic heterocycles. The van der Waals surface area contributed by atoms with E-state index in [0.717, 1.165) is 26.1 Å². The zero-order valence-electron chi connectivity index (χ0n) is 49.3. The van der Waals surface area contributed by atoms with E-state index in [1.54, 1.807) is 6.92 Å². The van der Waals surface area contributed by atoms with Crippen molar-refractivity contribution in [1.82, 2.24) is 10.6 Å². The van der Waals surface area contributed by atoms with Gasteiger partial charge in [0, 0.05) is 64.8 Å². The molecule has 0 unspecified atom stereocenters. The largest absolute Gasteiger partial charge is 0.381 e. The molecule has 0 saturated heterocycles. The van der Waals surface area contributed by atoms with Gasteiger partial charge < -0.3 is 15.4 Å². The van der Waals surface area contributed by atoms with Crippen LogP contribution in [0.2, 0.25) is 0 Å². The third kappa shape index (κ3) is 84.0. The van der Waals surface area contributed by atoms with Crippen LogP contribution in [-0.2, 0) is 23.9 Å². The highest BCUT2D eigenvalue weighted by atomic mass is 16.5. The molecule has 0 bridgehead atoms. The zero-order valence-corrected chi connectivity index (χ0v) is 49.3. The molecule has 0 aliphatic carbocycles. The van der Waals surface area contributed by atoms with Gasteiger partial charge in [0.2, 0.25) is 11.8 Å². The van der Waals surface area contributed by atoms with E-state index >= 15 is 0 Å². The molecular formula is C62H104N2O5. The van der Waals surface area contributed by atoms with E-state index in [2.05, 4.69) is 200 Å². The number of Topliss-reactive ketones (excluding diaryl/α,β-unsaturated/α-hetero) is 2. The van der Waals surface area contributed by atoms with Gasteiger partial charge in [-0.1, -0.05) is 172 Å². The predicted octanol–water partition coefficient (Wildman–Crippen LogP) is 13.9. The number of hydrogen-bond acceptors (Lipinski definition) is 5. The maximum Gasteiger partial charge on any atom is 0.220 e. The average Bonchev–Trinajstić information content (AvgIpc) is 3.10. The zero-order chi connectivity index (χ0) is 55.4. The lowest BCUT2D eigenvalue weighted by Crippen LogP contribution is -2.32. The highest BCUT2D eigenvalue weighted by Crippen LogP contribution is 2.32. The van der Waals surface area contributed by atoms with E-state index < -0.39 is 0 Å². The molecule has 0 aromatic rings. The summed E-state index contributed by atoms with van der Waals surface area (Å²) in [4.78, 5) is 46.2. The van der Waals surface area contributed by atoms with Crippen molar-refractivity contribution in [2.24, 2.45) is 43.3 Å². The second kappa shape index (κ2) is 36.5. The van der Waals surface area contributed by atoms with Crippen molar-refractivity contribution in [2.75, 3.05) is 26.3 Å². The summed E-state index contributed by atoms with van der Waals surface area (Å²) in [6.45, 7) is 56.7. The number of ether oxygens (including phenoxy) is 1. The van der Waals surface area contributed by atoms with Crippen LogP contribution in [0.1, 0.15) is 231 Å². The summed E-state index contributed by atoms with van der Waals surface area (Å²) in [7, 11) is 0. The Morgan fingerprint density at radius 2 is 0.681 bits per heavy atom. The Morgan fingerprint density at radius 3 is 0.899 bits per heavy atom. The average molecular weight is 958 g/mol. The van der Waals surface area contributed by atoms with Crippen molar-refractivity contribution in [1.29, 1.82) is 0 Å².